The van der Waals surface area contributed by atoms with Crippen LogP contribution in [-0.2, 0) is 6.54 Å². The van der Waals surface area contributed by atoms with Crippen molar-refractivity contribution in [3.05, 3.63) is 59.1 Å². The first-order valence-corrected chi connectivity index (χ1v) is 6.57. The van der Waals surface area contributed by atoms with E-state index in [-0.39, 0.29) is 0 Å². The molecule has 2 rings (SSSR count). The third-order valence-electron chi connectivity index (χ3n) is 2.57. The molecular weight excluding hydrogens is 278 g/mol. The lowest BCUT2D eigenvalue weighted by Gasteiger charge is -2.11. The number of hydrogen-bond acceptors (Lipinski definition) is 2. The number of benzene rings is 2. The van der Waals surface area contributed by atoms with Gasteiger partial charge in [-0.05, 0) is 48.1 Å². The van der Waals surface area contributed by atoms with Gasteiger partial charge in [0.15, 0.2) is 5.11 Å². The number of nitrogen functional groups attached to an aromatic ring is 1. The molecule has 0 atom stereocenters. The molecule has 0 saturated heterocycles. The molecule has 0 radical (unpaired) electrons. The molecule has 2 aromatic carbocycles. The van der Waals surface area contributed by atoms with Gasteiger partial charge in [0.25, 0.3) is 0 Å². The predicted octanol–water partition coefficient (Wildman–Crippen LogP) is 3.41. The summed E-state index contributed by atoms with van der Waals surface area (Å²) in [5.41, 5.74) is 8.24. The van der Waals surface area contributed by atoms with E-state index in [2.05, 4.69) is 10.6 Å². The van der Waals surface area contributed by atoms with E-state index in [0.717, 1.165) is 22.0 Å². The summed E-state index contributed by atoms with van der Waals surface area (Å²) in [5.74, 6) is 0. The summed E-state index contributed by atoms with van der Waals surface area (Å²) in [6.45, 7) is 0.584. The Bertz CT molecular complexity index is 569. The van der Waals surface area contributed by atoms with Crippen LogP contribution in [0.15, 0.2) is 48.5 Å². The predicted molar refractivity (Wildman–Crippen MR) is 85.4 cm³/mol. The van der Waals surface area contributed by atoms with E-state index in [0.29, 0.717) is 11.7 Å². The fourth-order valence-corrected chi connectivity index (χ4v) is 1.95. The van der Waals surface area contributed by atoms with Crippen LogP contribution in [0.2, 0.25) is 5.02 Å². The second-order valence-corrected chi connectivity index (χ2v) is 4.84. The Morgan fingerprint density at radius 1 is 1.11 bits per heavy atom. The summed E-state index contributed by atoms with van der Waals surface area (Å²) >= 11 is 11.3. The van der Waals surface area contributed by atoms with Crippen molar-refractivity contribution in [2.75, 3.05) is 11.1 Å². The summed E-state index contributed by atoms with van der Waals surface area (Å²) in [6, 6.07) is 15.0. The summed E-state index contributed by atoms with van der Waals surface area (Å²) in [4.78, 5) is 0. The monoisotopic (exact) mass is 291 g/mol. The topological polar surface area (TPSA) is 50.1 Å². The van der Waals surface area contributed by atoms with Gasteiger partial charge in [-0.3, -0.25) is 0 Å². The third-order valence-corrected chi connectivity index (χ3v) is 3.18. The highest BCUT2D eigenvalue weighted by atomic mass is 35.5. The van der Waals surface area contributed by atoms with Crippen molar-refractivity contribution in [2.45, 2.75) is 6.54 Å². The fourth-order valence-electron chi connectivity index (χ4n) is 1.56. The normalized spacial score (nSPS) is 9.95. The van der Waals surface area contributed by atoms with Gasteiger partial charge in [-0.1, -0.05) is 29.8 Å². The van der Waals surface area contributed by atoms with Crippen LogP contribution in [0.3, 0.4) is 0 Å². The van der Waals surface area contributed by atoms with Gasteiger partial charge in [0.2, 0.25) is 0 Å². The number of thiocarbonyl (C=S) groups is 1. The zero-order valence-electron chi connectivity index (χ0n) is 10.2. The zero-order chi connectivity index (χ0) is 13.7. The number of halogens is 1. The fraction of sp³-hybridized carbons (Fsp3) is 0.0714. The molecule has 0 spiro atoms. The Hall–Kier alpha value is -1.78. The van der Waals surface area contributed by atoms with Gasteiger partial charge < -0.3 is 16.4 Å². The van der Waals surface area contributed by atoms with Crippen LogP contribution >= 0.6 is 23.8 Å². The van der Waals surface area contributed by atoms with Crippen molar-refractivity contribution in [3.8, 4) is 0 Å². The molecule has 0 aliphatic carbocycles. The number of nitrogens with two attached hydrogens (primary N) is 1. The van der Waals surface area contributed by atoms with Crippen LogP contribution in [0, 0.1) is 0 Å². The number of hydrogen-bond donors (Lipinski definition) is 3. The minimum absolute atomic E-state index is 0.546. The van der Waals surface area contributed by atoms with Gasteiger partial charge in [0.05, 0.1) is 0 Å². The molecule has 5 heteroatoms. The average Bonchev–Trinajstić information content (AvgIpc) is 2.40. The minimum atomic E-state index is 0.546. The molecule has 0 heterocycles. The van der Waals surface area contributed by atoms with Gasteiger partial charge in [-0.25, -0.2) is 0 Å². The molecule has 4 N–H and O–H groups in total. The highest BCUT2D eigenvalue weighted by molar-refractivity contribution is 7.80. The quantitative estimate of drug-likeness (QED) is 0.599. The van der Waals surface area contributed by atoms with Crippen molar-refractivity contribution in [2.24, 2.45) is 0 Å². The molecule has 2 aromatic rings. The van der Waals surface area contributed by atoms with E-state index in [1.54, 1.807) is 0 Å². The molecule has 0 fully saturated rings. The molecule has 0 unspecified atom stereocenters. The van der Waals surface area contributed by atoms with E-state index < -0.39 is 0 Å². The first-order chi connectivity index (χ1) is 9.15. The van der Waals surface area contributed by atoms with Crippen LogP contribution in [0.1, 0.15) is 5.56 Å². The van der Waals surface area contributed by atoms with Crippen molar-refractivity contribution >= 4 is 40.3 Å². The molecule has 0 aliphatic heterocycles. The van der Waals surface area contributed by atoms with E-state index in [1.807, 2.05) is 48.5 Å². The van der Waals surface area contributed by atoms with Gasteiger partial charge in [0, 0.05) is 22.9 Å². The third kappa shape index (κ3) is 4.12. The molecule has 19 heavy (non-hydrogen) atoms. The maximum atomic E-state index is 6.07. The van der Waals surface area contributed by atoms with Crippen molar-refractivity contribution in [1.82, 2.24) is 5.32 Å². The lowest BCUT2D eigenvalue weighted by atomic mass is 10.2. The molecule has 98 valence electrons. The van der Waals surface area contributed by atoms with Gasteiger partial charge >= 0.3 is 0 Å². The molecule has 3 nitrogen and oxygen atoms in total. The van der Waals surface area contributed by atoms with Crippen LogP contribution in [0.5, 0.6) is 0 Å². The maximum Gasteiger partial charge on any atom is 0.171 e. The minimum Gasteiger partial charge on any atom is -0.399 e. The number of anilines is 2. The lowest BCUT2D eigenvalue weighted by molar-refractivity contribution is 0.926. The molecule has 0 aliphatic rings. The Kier molecular flexibility index (Phi) is 4.60. The zero-order valence-corrected chi connectivity index (χ0v) is 11.8. The van der Waals surface area contributed by atoms with Crippen molar-refractivity contribution in [3.63, 3.8) is 0 Å². The summed E-state index contributed by atoms with van der Waals surface area (Å²) < 4.78 is 0. The van der Waals surface area contributed by atoms with E-state index in [1.165, 1.54) is 0 Å². The summed E-state index contributed by atoms with van der Waals surface area (Å²) in [6.07, 6.45) is 0. The second kappa shape index (κ2) is 6.41. The Balaban J connectivity index is 1.88. The van der Waals surface area contributed by atoms with Gasteiger partial charge in [-0.2, -0.15) is 0 Å². The van der Waals surface area contributed by atoms with Gasteiger partial charge in [0.1, 0.15) is 0 Å². The SMILES string of the molecule is Nc1ccc(NC(=S)NCc2ccccc2Cl)cc1. The van der Waals surface area contributed by atoms with Crippen LogP contribution in [-0.4, -0.2) is 5.11 Å². The molecule has 0 aromatic heterocycles. The van der Waals surface area contributed by atoms with E-state index >= 15 is 0 Å². The number of nitrogens with one attached hydrogen (secondary N) is 2. The Labute approximate surface area is 122 Å². The molecule has 0 bridgehead atoms. The van der Waals surface area contributed by atoms with Gasteiger partial charge in [-0.15, -0.1) is 0 Å². The number of rotatable bonds is 3. The first-order valence-electron chi connectivity index (χ1n) is 5.79. The maximum absolute atomic E-state index is 6.07. The van der Waals surface area contributed by atoms with E-state index in [4.69, 9.17) is 29.6 Å². The largest absolute Gasteiger partial charge is 0.399 e. The highest BCUT2D eigenvalue weighted by Crippen LogP contribution is 2.14. The van der Waals surface area contributed by atoms with Crippen molar-refractivity contribution < 1.29 is 0 Å². The Morgan fingerprint density at radius 2 is 1.79 bits per heavy atom. The van der Waals surface area contributed by atoms with Crippen LogP contribution < -0.4 is 16.4 Å². The summed E-state index contributed by atoms with van der Waals surface area (Å²) in [7, 11) is 0. The first kappa shape index (κ1) is 13.6. The second-order valence-electron chi connectivity index (χ2n) is 4.02. The average molecular weight is 292 g/mol. The van der Waals surface area contributed by atoms with Crippen LogP contribution in [0.4, 0.5) is 11.4 Å². The van der Waals surface area contributed by atoms with Crippen LogP contribution in [0.25, 0.3) is 0 Å². The molecule has 0 amide bonds. The van der Waals surface area contributed by atoms with E-state index in [9.17, 15) is 0 Å². The molecule has 0 saturated carbocycles. The smallest absolute Gasteiger partial charge is 0.171 e. The standard InChI is InChI=1S/C14H14ClN3S/c15-13-4-2-1-3-10(13)9-17-14(19)18-12-7-5-11(16)6-8-12/h1-8H,9,16H2,(H2,17,18,19). The lowest BCUT2D eigenvalue weighted by Crippen LogP contribution is -2.27. The Morgan fingerprint density at radius 3 is 2.47 bits per heavy atom. The summed E-state index contributed by atoms with van der Waals surface area (Å²) in [5, 5.41) is 7.46. The highest BCUT2D eigenvalue weighted by Gasteiger charge is 2.01. The van der Waals surface area contributed by atoms with Crippen molar-refractivity contribution in [1.29, 1.82) is 0 Å². The molecular formula is C14H14ClN3S.